The Hall–Kier alpha value is -2.55. The SMILES string of the molecule is C=CC(=O)c1ccc(C(=O)C=C)c(C(=O)C=C)c1. The highest BCUT2D eigenvalue weighted by molar-refractivity contribution is 6.17. The molecule has 0 N–H and O–H groups in total. The maximum atomic E-state index is 11.7. The average molecular weight is 240 g/mol. The van der Waals surface area contributed by atoms with Crippen LogP contribution in [0.15, 0.2) is 56.2 Å². The lowest BCUT2D eigenvalue weighted by Gasteiger charge is -2.05. The first kappa shape index (κ1) is 13.5. The summed E-state index contributed by atoms with van der Waals surface area (Å²) in [6.45, 7) is 10.1. The molecule has 0 atom stereocenters. The Bertz CT molecular complexity index is 565. The van der Waals surface area contributed by atoms with Gasteiger partial charge < -0.3 is 0 Å². The van der Waals surface area contributed by atoms with Crippen molar-refractivity contribution in [2.45, 2.75) is 0 Å². The Morgan fingerprint density at radius 1 is 0.778 bits per heavy atom. The topological polar surface area (TPSA) is 51.2 Å². The van der Waals surface area contributed by atoms with Crippen molar-refractivity contribution in [1.82, 2.24) is 0 Å². The Labute approximate surface area is 105 Å². The van der Waals surface area contributed by atoms with Gasteiger partial charge in [0.1, 0.15) is 0 Å². The third kappa shape index (κ3) is 2.58. The van der Waals surface area contributed by atoms with Crippen LogP contribution < -0.4 is 0 Å². The molecular weight excluding hydrogens is 228 g/mol. The molecule has 0 aliphatic heterocycles. The van der Waals surface area contributed by atoms with Crippen LogP contribution in [0.5, 0.6) is 0 Å². The molecule has 90 valence electrons. The highest BCUT2D eigenvalue weighted by Gasteiger charge is 2.15. The number of allylic oxidation sites excluding steroid dienone is 3. The van der Waals surface area contributed by atoms with Crippen LogP contribution >= 0.6 is 0 Å². The third-order valence-corrected chi connectivity index (χ3v) is 2.39. The predicted molar refractivity (Wildman–Crippen MR) is 70.0 cm³/mol. The second kappa shape index (κ2) is 5.68. The fourth-order valence-electron chi connectivity index (χ4n) is 1.45. The first-order valence-electron chi connectivity index (χ1n) is 5.19. The van der Waals surface area contributed by atoms with E-state index in [0.717, 1.165) is 18.2 Å². The first-order chi connectivity index (χ1) is 8.54. The minimum atomic E-state index is -0.418. The molecule has 0 bridgehead atoms. The van der Waals surface area contributed by atoms with Crippen LogP contribution in [-0.2, 0) is 0 Å². The molecular formula is C15H12O3. The summed E-state index contributed by atoms with van der Waals surface area (Å²) in [4.78, 5) is 34.7. The molecule has 3 nitrogen and oxygen atoms in total. The van der Waals surface area contributed by atoms with Crippen molar-refractivity contribution in [3.05, 3.63) is 72.9 Å². The van der Waals surface area contributed by atoms with Gasteiger partial charge in [-0.05, 0) is 30.4 Å². The average Bonchev–Trinajstić information content (AvgIpc) is 2.43. The van der Waals surface area contributed by atoms with E-state index in [-0.39, 0.29) is 22.7 Å². The van der Waals surface area contributed by atoms with Gasteiger partial charge in [0, 0.05) is 16.7 Å². The third-order valence-electron chi connectivity index (χ3n) is 2.39. The Kier molecular flexibility index (Phi) is 4.27. The Morgan fingerprint density at radius 2 is 1.28 bits per heavy atom. The summed E-state index contributed by atoms with van der Waals surface area (Å²) < 4.78 is 0. The van der Waals surface area contributed by atoms with Crippen molar-refractivity contribution < 1.29 is 14.4 Å². The van der Waals surface area contributed by atoms with E-state index in [9.17, 15) is 14.4 Å². The number of hydrogen-bond donors (Lipinski definition) is 0. The highest BCUT2D eigenvalue weighted by Crippen LogP contribution is 2.15. The van der Waals surface area contributed by atoms with Gasteiger partial charge in [0.15, 0.2) is 17.3 Å². The van der Waals surface area contributed by atoms with Crippen LogP contribution in [0.2, 0.25) is 0 Å². The zero-order valence-electron chi connectivity index (χ0n) is 9.81. The van der Waals surface area contributed by atoms with Gasteiger partial charge in [-0.1, -0.05) is 25.8 Å². The smallest absolute Gasteiger partial charge is 0.186 e. The van der Waals surface area contributed by atoms with E-state index < -0.39 is 5.78 Å². The molecule has 0 spiro atoms. The molecule has 1 aromatic carbocycles. The van der Waals surface area contributed by atoms with Gasteiger partial charge in [0.25, 0.3) is 0 Å². The first-order valence-corrected chi connectivity index (χ1v) is 5.19. The molecule has 1 rings (SSSR count). The van der Waals surface area contributed by atoms with Crippen molar-refractivity contribution in [2.75, 3.05) is 0 Å². The minimum Gasteiger partial charge on any atom is -0.289 e. The van der Waals surface area contributed by atoms with Crippen molar-refractivity contribution in [2.24, 2.45) is 0 Å². The van der Waals surface area contributed by atoms with Gasteiger partial charge in [0.2, 0.25) is 0 Å². The van der Waals surface area contributed by atoms with Crippen LogP contribution in [-0.4, -0.2) is 17.3 Å². The van der Waals surface area contributed by atoms with Gasteiger partial charge in [-0.15, -0.1) is 0 Å². The van der Waals surface area contributed by atoms with Crippen LogP contribution in [0.25, 0.3) is 0 Å². The quantitative estimate of drug-likeness (QED) is 0.567. The van der Waals surface area contributed by atoms with Crippen molar-refractivity contribution in [3.8, 4) is 0 Å². The Balaban J connectivity index is 3.47. The summed E-state index contributed by atoms with van der Waals surface area (Å²) in [6.07, 6.45) is 3.36. The van der Waals surface area contributed by atoms with Crippen molar-refractivity contribution in [1.29, 1.82) is 0 Å². The van der Waals surface area contributed by atoms with Gasteiger partial charge in [-0.3, -0.25) is 14.4 Å². The molecule has 0 aliphatic rings. The largest absolute Gasteiger partial charge is 0.289 e. The Morgan fingerprint density at radius 3 is 1.78 bits per heavy atom. The number of hydrogen-bond acceptors (Lipinski definition) is 3. The molecule has 0 saturated carbocycles. The van der Waals surface area contributed by atoms with Crippen LogP contribution in [0.4, 0.5) is 0 Å². The fraction of sp³-hybridized carbons (Fsp3) is 0. The molecule has 0 amide bonds. The highest BCUT2D eigenvalue weighted by atomic mass is 16.1. The summed E-state index contributed by atoms with van der Waals surface area (Å²) in [7, 11) is 0. The number of carbonyl (C=O) groups excluding carboxylic acids is 3. The molecule has 18 heavy (non-hydrogen) atoms. The van der Waals surface area contributed by atoms with E-state index in [0.29, 0.717) is 5.56 Å². The molecule has 1 aromatic rings. The monoisotopic (exact) mass is 240 g/mol. The summed E-state index contributed by atoms with van der Waals surface area (Å²) >= 11 is 0. The summed E-state index contributed by atoms with van der Waals surface area (Å²) in [5, 5.41) is 0. The van der Waals surface area contributed by atoms with Gasteiger partial charge >= 0.3 is 0 Å². The van der Waals surface area contributed by atoms with E-state index in [4.69, 9.17) is 0 Å². The van der Waals surface area contributed by atoms with Crippen LogP contribution in [0.1, 0.15) is 31.1 Å². The fourth-order valence-corrected chi connectivity index (χ4v) is 1.45. The van der Waals surface area contributed by atoms with Crippen molar-refractivity contribution >= 4 is 17.3 Å². The number of benzene rings is 1. The maximum absolute atomic E-state index is 11.7. The van der Waals surface area contributed by atoms with E-state index >= 15 is 0 Å². The number of carbonyl (C=O) groups is 3. The van der Waals surface area contributed by atoms with Crippen LogP contribution in [0.3, 0.4) is 0 Å². The van der Waals surface area contributed by atoms with Gasteiger partial charge in [0.05, 0.1) is 0 Å². The second-order valence-corrected chi connectivity index (χ2v) is 3.47. The lowest BCUT2D eigenvalue weighted by Crippen LogP contribution is -2.08. The standard InChI is InChI=1S/C15H12O3/c1-4-13(16)10-7-8-11(14(17)5-2)12(9-10)15(18)6-3/h4-9H,1-3H2. The van der Waals surface area contributed by atoms with Crippen molar-refractivity contribution in [3.63, 3.8) is 0 Å². The summed E-state index contributed by atoms with van der Waals surface area (Å²) in [5.41, 5.74) is 0.647. The second-order valence-electron chi connectivity index (χ2n) is 3.47. The molecule has 0 aromatic heterocycles. The molecule has 0 fully saturated rings. The van der Waals surface area contributed by atoms with E-state index in [1.807, 2.05) is 0 Å². The zero-order valence-corrected chi connectivity index (χ0v) is 9.81. The zero-order chi connectivity index (χ0) is 13.7. The normalized spacial score (nSPS) is 9.33. The summed E-state index contributed by atoms with van der Waals surface area (Å²) in [6, 6.07) is 4.27. The predicted octanol–water partition coefficient (Wildman–Crippen LogP) is 2.79. The van der Waals surface area contributed by atoms with E-state index in [1.54, 1.807) is 0 Å². The lowest BCUT2D eigenvalue weighted by molar-refractivity contribution is 0.101. The minimum absolute atomic E-state index is 0.141. The number of rotatable bonds is 6. The summed E-state index contributed by atoms with van der Waals surface area (Å²) in [5.74, 6) is -1.11. The van der Waals surface area contributed by atoms with E-state index in [1.165, 1.54) is 18.2 Å². The van der Waals surface area contributed by atoms with Gasteiger partial charge in [-0.2, -0.15) is 0 Å². The molecule has 3 heteroatoms. The lowest BCUT2D eigenvalue weighted by atomic mass is 9.96. The molecule has 0 unspecified atom stereocenters. The molecule has 0 saturated heterocycles. The molecule has 0 heterocycles. The van der Waals surface area contributed by atoms with Crippen LogP contribution in [0, 0.1) is 0 Å². The van der Waals surface area contributed by atoms with E-state index in [2.05, 4.69) is 19.7 Å². The number of ketones is 3. The maximum Gasteiger partial charge on any atom is 0.186 e. The van der Waals surface area contributed by atoms with Gasteiger partial charge in [-0.25, -0.2) is 0 Å². The molecule has 0 radical (unpaired) electrons. The molecule has 0 aliphatic carbocycles.